The Morgan fingerprint density at radius 1 is 0.830 bits per heavy atom. The van der Waals surface area contributed by atoms with Gasteiger partial charge in [-0.15, -0.1) is 0 Å². The summed E-state index contributed by atoms with van der Waals surface area (Å²) in [4.78, 5) is 28.2. The number of carbonyl (C=O) groups excluding carboxylic acids is 2. The molecule has 2 aliphatic rings. The number of nitrogens with two attached hydrogens (primary N) is 1. The SMILES string of the molecule is C=C(NC(c1ccccc1)c1ccc(C(NC[C@H]2CCCN2)c2ccccc2)cc1)[C@@H]1CCCN1C(=O)[C@@H](NC(=O)[C@H](C)N)C(C)C. The molecule has 3 aromatic rings. The summed E-state index contributed by atoms with van der Waals surface area (Å²) in [7, 11) is 0. The Labute approximate surface area is 280 Å². The van der Waals surface area contributed by atoms with E-state index in [0.717, 1.165) is 42.8 Å². The molecule has 2 saturated heterocycles. The molecule has 250 valence electrons. The largest absolute Gasteiger partial charge is 0.376 e. The van der Waals surface area contributed by atoms with Gasteiger partial charge in [0, 0.05) is 24.8 Å². The first-order valence-corrected chi connectivity index (χ1v) is 17.2. The van der Waals surface area contributed by atoms with Gasteiger partial charge in [0.25, 0.3) is 0 Å². The number of hydrogen-bond acceptors (Lipinski definition) is 6. The monoisotopic (exact) mass is 636 g/mol. The minimum absolute atomic E-state index is 0.0770. The van der Waals surface area contributed by atoms with Crippen LogP contribution in [0.15, 0.2) is 97.2 Å². The predicted molar refractivity (Wildman–Crippen MR) is 189 cm³/mol. The van der Waals surface area contributed by atoms with Crippen molar-refractivity contribution in [2.45, 2.75) is 82.7 Å². The normalized spacial score (nSPS) is 20.4. The number of likely N-dealkylation sites (tertiary alicyclic amines) is 1. The van der Waals surface area contributed by atoms with Gasteiger partial charge in [0.2, 0.25) is 11.8 Å². The number of hydrogen-bond donors (Lipinski definition) is 5. The van der Waals surface area contributed by atoms with Crippen molar-refractivity contribution in [3.63, 3.8) is 0 Å². The zero-order chi connectivity index (χ0) is 33.3. The fourth-order valence-electron chi connectivity index (χ4n) is 6.80. The summed E-state index contributed by atoms with van der Waals surface area (Å²) in [6, 6.07) is 28.8. The van der Waals surface area contributed by atoms with Crippen molar-refractivity contribution in [1.82, 2.24) is 26.2 Å². The molecule has 3 aromatic carbocycles. The molecule has 6 N–H and O–H groups in total. The highest BCUT2D eigenvalue weighted by Gasteiger charge is 2.37. The molecule has 47 heavy (non-hydrogen) atoms. The third-order valence-electron chi connectivity index (χ3n) is 9.51. The molecule has 2 aliphatic heterocycles. The van der Waals surface area contributed by atoms with Crippen LogP contribution in [0.3, 0.4) is 0 Å². The molecule has 2 fully saturated rings. The summed E-state index contributed by atoms with van der Waals surface area (Å²) < 4.78 is 0. The fourth-order valence-corrected chi connectivity index (χ4v) is 6.80. The third-order valence-corrected chi connectivity index (χ3v) is 9.51. The van der Waals surface area contributed by atoms with E-state index in [4.69, 9.17) is 5.73 Å². The smallest absolute Gasteiger partial charge is 0.245 e. The highest BCUT2D eigenvalue weighted by molar-refractivity contribution is 5.90. The van der Waals surface area contributed by atoms with E-state index in [-0.39, 0.29) is 35.9 Å². The van der Waals surface area contributed by atoms with E-state index in [9.17, 15) is 9.59 Å². The lowest BCUT2D eigenvalue weighted by atomic mass is 9.93. The quantitative estimate of drug-likeness (QED) is 0.174. The van der Waals surface area contributed by atoms with Gasteiger partial charge in [-0.25, -0.2) is 0 Å². The van der Waals surface area contributed by atoms with Gasteiger partial charge < -0.3 is 31.9 Å². The molecule has 8 heteroatoms. The second kappa shape index (κ2) is 16.2. The number of benzene rings is 3. The lowest BCUT2D eigenvalue weighted by molar-refractivity contribution is -0.138. The van der Waals surface area contributed by atoms with E-state index in [2.05, 4.69) is 94.6 Å². The Kier molecular flexibility index (Phi) is 11.9. The van der Waals surface area contributed by atoms with Crippen molar-refractivity contribution < 1.29 is 9.59 Å². The van der Waals surface area contributed by atoms with Crippen molar-refractivity contribution in [2.75, 3.05) is 19.6 Å². The first-order chi connectivity index (χ1) is 22.7. The standard InChI is InChI=1S/C39H52N6O2/c1-26(2)35(44-38(46)27(3)40)39(47)45-24-12-18-34(45)28(4)43-37(30-15-9-6-10-16-30)32-21-19-31(20-22-32)36(29-13-7-5-8-14-29)42-25-33-17-11-23-41-33/h5-10,13-16,19-22,26-27,33-37,41-43H,4,11-12,17-18,23-25,40H2,1-3H3,(H,44,46)/t27-,33+,34-,35-,36?,37?/m0/s1. The van der Waals surface area contributed by atoms with E-state index >= 15 is 0 Å². The summed E-state index contributed by atoms with van der Waals surface area (Å²) in [5.41, 5.74) is 11.3. The average Bonchev–Trinajstić information content (AvgIpc) is 3.80. The van der Waals surface area contributed by atoms with Gasteiger partial charge in [0.1, 0.15) is 6.04 Å². The topological polar surface area (TPSA) is 112 Å². The predicted octanol–water partition coefficient (Wildman–Crippen LogP) is 4.79. The van der Waals surface area contributed by atoms with Crippen molar-refractivity contribution in [3.05, 3.63) is 119 Å². The number of carbonyl (C=O) groups is 2. The van der Waals surface area contributed by atoms with Gasteiger partial charge >= 0.3 is 0 Å². The minimum Gasteiger partial charge on any atom is -0.376 e. The van der Waals surface area contributed by atoms with E-state index in [1.807, 2.05) is 36.9 Å². The molecular formula is C39H52N6O2. The first kappa shape index (κ1) is 34.4. The molecule has 2 unspecified atom stereocenters. The van der Waals surface area contributed by atoms with Crippen molar-refractivity contribution >= 4 is 11.8 Å². The van der Waals surface area contributed by atoms with Crippen LogP contribution >= 0.6 is 0 Å². The Hall–Kier alpha value is -3.98. The zero-order valence-corrected chi connectivity index (χ0v) is 28.1. The van der Waals surface area contributed by atoms with E-state index in [1.54, 1.807) is 6.92 Å². The van der Waals surface area contributed by atoms with Gasteiger partial charge in [0.15, 0.2) is 0 Å². The van der Waals surface area contributed by atoms with Crippen LogP contribution in [0.5, 0.6) is 0 Å². The molecule has 0 radical (unpaired) electrons. The number of nitrogens with zero attached hydrogens (tertiary/aromatic N) is 1. The van der Waals surface area contributed by atoms with Crippen LogP contribution < -0.4 is 27.0 Å². The van der Waals surface area contributed by atoms with E-state index in [1.165, 1.54) is 24.0 Å². The van der Waals surface area contributed by atoms with Crippen LogP contribution in [0, 0.1) is 5.92 Å². The second-order valence-electron chi connectivity index (χ2n) is 13.4. The minimum atomic E-state index is -0.684. The number of amides is 2. The molecule has 0 saturated carbocycles. The molecule has 6 atom stereocenters. The summed E-state index contributed by atoms with van der Waals surface area (Å²) in [6.07, 6.45) is 4.11. The molecule has 0 aliphatic carbocycles. The number of rotatable bonds is 14. The molecule has 2 heterocycles. The maximum atomic E-state index is 13.8. The average molecular weight is 637 g/mol. The van der Waals surface area contributed by atoms with E-state index < -0.39 is 12.1 Å². The second-order valence-corrected chi connectivity index (χ2v) is 13.4. The summed E-state index contributed by atoms with van der Waals surface area (Å²) in [6.45, 7) is 12.6. The Balaban J connectivity index is 1.36. The lowest BCUT2D eigenvalue weighted by Gasteiger charge is -2.34. The number of nitrogens with one attached hydrogen (secondary N) is 4. The van der Waals surface area contributed by atoms with Crippen LogP contribution in [0.2, 0.25) is 0 Å². The van der Waals surface area contributed by atoms with Crippen molar-refractivity contribution in [1.29, 1.82) is 0 Å². The van der Waals surface area contributed by atoms with Crippen molar-refractivity contribution in [2.24, 2.45) is 11.7 Å². The summed E-state index contributed by atoms with van der Waals surface area (Å²) in [5, 5.41) is 14.0. The Morgan fingerprint density at radius 3 is 1.96 bits per heavy atom. The van der Waals surface area contributed by atoms with Gasteiger partial charge in [-0.1, -0.05) is 105 Å². The van der Waals surface area contributed by atoms with Crippen LogP contribution in [-0.4, -0.2) is 60.5 Å². The van der Waals surface area contributed by atoms with Crippen LogP contribution in [0.1, 0.15) is 80.8 Å². The Bertz CT molecular complexity index is 1450. The molecule has 8 nitrogen and oxygen atoms in total. The molecule has 5 rings (SSSR count). The van der Waals surface area contributed by atoms with Gasteiger partial charge in [0.05, 0.1) is 24.2 Å². The molecule has 0 aromatic heterocycles. The Morgan fingerprint density at radius 2 is 1.40 bits per heavy atom. The molecule has 2 amide bonds. The third kappa shape index (κ3) is 8.69. The maximum Gasteiger partial charge on any atom is 0.245 e. The summed E-state index contributed by atoms with van der Waals surface area (Å²) >= 11 is 0. The van der Waals surface area contributed by atoms with Crippen LogP contribution in [0.4, 0.5) is 0 Å². The fraction of sp³-hybridized carbons (Fsp3) is 0.436. The van der Waals surface area contributed by atoms with Gasteiger partial charge in [-0.2, -0.15) is 0 Å². The lowest BCUT2D eigenvalue weighted by Crippen LogP contribution is -2.55. The van der Waals surface area contributed by atoms with Crippen LogP contribution in [0.25, 0.3) is 0 Å². The van der Waals surface area contributed by atoms with Gasteiger partial charge in [-0.05, 0) is 67.3 Å². The van der Waals surface area contributed by atoms with Crippen molar-refractivity contribution in [3.8, 4) is 0 Å². The van der Waals surface area contributed by atoms with Gasteiger partial charge in [-0.3, -0.25) is 9.59 Å². The highest BCUT2D eigenvalue weighted by atomic mass is 16.2. The molecule has 0 spiro atoms. The van der Waals surface area contributed by atoms with E-state index in [0.29, 0.717) is 12.6 Å². The maximum absolute atomic E-state index is 13.8. The molecular weight excluding hydrogens is 584 g/mol. The first-order valence-electron chi connectivity index (χ1n) is 17.2. The zero-order valence-electron chi connectivity index (χ0n) is 28.1. The molecule has 0 bridgehead atoms. The highest BCUT2D eigenvalue weighted by Crippen LogP contribution is 2.30. The van der Waals surface area contributed by atoms with Crippen LogP contribution in [-0.2, 0) is 9.59 Å². The summed E-state index contributed by atoms with van der Waals surface area (Å²) in [5.74, 6) is -0.489.